The van der Waals surface area contributed by atoms with E-state index >= 15 is 0 Å². The first-order valence-corrected chi connectivity index (χ1v) is 10.6. The topological polar surface area (TPSA) is 84.9 Å². The van der Waals surface area contributed by atoms with Gasteiger partial charge in [0.15, 0.2) is 11.5 Å². The molecule has 0 radical (unpaired) electrons. The summed E-state index contributed by atoms with van der Waals surface area (Å²) in [4.78, 5) is 38.4. The Kier molecular flexibility index (Phi) is 6.79. The van der Waals surface area contributed by atoms with E-state index in [9.17, 15) is 23.2 Å². The standard InChI is InChI=1S/C25H17ClF2N2O5/c1-34-21-12-15(11-20(26)22(21)35-13-14-3-2-4-17(28)9-14)10-19-23(31)29-25(33)30(24(19)32)18-7-5-16(27)6-8-18/h2-12H,13H2,1H3,(H,29,31,33)/b19-10+. The number of hydrogen-bond donors (Lipinski definition) is 1. The zero-order chi connectivity index (χ0) is 25.1. The van der Waals surface area contributed by atoms with Gasteiger partial charge in [0.2, 0.25) is 0 Å². The number of amides is 4. The summed E-state index contributed by atoms with van der Waals surface area (Å²) in [6.45, 7) is 0.0178. The fourth-order valence-corrected chi connectivity index (χ4v) is 3.67. The van der Waals surface area contributed by atoms with E-state index in [4.69, 9.17) is 21.1 Å². The third kappa shape index (κ3) is 5.15. The van der Waals surface area contributed by atoms with Crippen LogP contribution in [0.4, 0.5) is 19.3 Å². The second-order valence-corrected chi connectivity index (χ2v) is 7.79. The van der Waals surface area contributed by atoms with Gasteiger partial charge in [0.25, 0.3) is 11.8 Å². The number of nitrogens with one attached hydrogen (secondary N) is 1. The van der Waals surface area contributed by atoms with E-state index in [1.807, 2.05) is 0 Å². The van der Waals surface area contributed by atoms with Crippen molar-refractivity contribution in [3.05, 3.63) is 94.0 Å². The lowest BCUT2D eigenvalue weighted by Crippen LogP contribution is -2.54. The van der Waals surface area contributed by atoms with Crippen molar-refractivity contribution in [2.24, 2.45) is 0 Å². The number of methoxy groups -OCH3 is 1. The largest absolute Gasteiger partial charge is 0.493 e. The van der Waals surface area contributed by atoms with Crippen LogP contribution in [-0.2, 0) is 16.2 Å². The number of ether oxygens (including phenoxy) is 2. The van der Waals surface area contributed by atoms with Gasteiger partial charge in [-0.05, 0) is 65.7 Å². The number of urea groups is 1. The molecule has 0 bridgehead atoms. The highest BCUT2D eigenvalue weighted by Gasteiger charge is 2.36. The minimum atomic E-state index is -0.958. The predicted octanol–water partition coefficient (Wildman–Crippen LogP) is 4.87. The summed E-state index contributed by atoms with van der Waals surface area (Å²) < 4.78 is 37.7. The molecule has 4 amide bonds. The molecule has 0 spiro atoms. The Morgan fingerprint density at radius 2 is 1.74 bits per heavy atom. The third-order valence-electron chi connectivity index (χ3n) is 5.02. The highest BCUT2D eigenvalue weighted by Crippen LogP contribution is 2.38. The second kappa shape index (κ2) is 9.94. The number of benzene rings is 3. The van der Waals surface area contributed by atoms with Crippen LogP contribution in [0.2, 0.25) is 5.02 Å². The number of halogens is 3. The normalized spacial score (nSPS) is 14.8. The van der Waals surface area contributed by atoms with Gasteiger partial charge >= 0.3 is 6.03 Å². The number of carbonyl (C=O) groups is 3. The number of anilines is 1. The van der Waals surface area contributed by atoms with Crippen molar-refractivity contribution in [3.63, 3.8) is 0 Å². The van der Waals surface area contributed by atoms with E-state index in [2.05, 4.69) is 5.32 Å². The Bertz CT molecular complexity index is 1360. The molecule has 4 rings (SSSR count). The fourth-order valence-electron chi connectivity index (χ4n) is 3.39. The van der Waals surface area contributed by atoms with E-state index in [1.165, 1.54) is 49.6 Å². The molecule has 0 saturated carbocycles. The minimum absolute atomic E-state index is 0.0178. The van der Waals surface area contributed by atoms with Gasteiger partial charge < -0.3 is 9.47 Å². The van der Waals surface area contributed by atoms with Crippen LogP contribution >= 0.6 is 11.6 Å². The first-order chi connectivity index (χ1) is 16.8. The molecule has 0 unspecified atom stereocenters. The average molecular weight is 499 g/mol. The molecule has 35 heavy (non-hydrogen) atoms. The Labute approximate surface area is 203 Å². The summed E-state index contributed by atoms with van der Waals surface area (Å²) in [7, 11) is 1.38. The Balaban J connectivity index is 1.64. The third-order valence-corrected chi connectivity index (χ3v) is 5.30. The van der Waals surface area contributed by atoms with Crippen LogP contribution in [-0.4, -0.2) is 25.0 Å². The van der Waals surface area contributed by atoms with Gasteiger partial charge in [-0.3, -0.25) is 14.9 Å². The number of rotatable bonds is 6. The summed E-state index contributed by atoms with van der Waals surface area (Å²) in [6.07, 6.45) is 1.24. The molecule has 7 nitrogen and oxygen atoms in total. The van der Waals surface area contributed by atoms with Gasteiger partial charge in [-0.25, -0.2) is 18.5 Å². The van der Waals surface area contributed by atoms with Gasteiger partial charge in [0.05, 0.1) is 17.8 Å². The number of hydrogen-bond acceptors (Lipinski definition) is 5. The molecular weight excluding hydrogens is 482 g/mol. The van der Waals surface area contributed by atoms with Gasteiger partial charge in [-0.15, -0.1) is 0 Å². The molecule has 0 aromatic heterocycles. The van der Waals surface area contributed by atoms with Crippen molar-refractivity contribution < 1.29 is 32.6 Å². The van der Waals surface area contributed by atoms with Crippen LogP contribution < -0.4 is 19.7 Å². The lowest BCUT2D eigenvalue weighted by Gasteiger charge is -2.26. The smallest absolute Gasteiger partial charge is 0.335 e. The molecule has 1 heterocycles. The maximum atomic E-state index is 13.4. The van der Waals surface area contributed by atoms with Crippen molar-refractivity contribution in [3.8, 4) is 11.5 Å². The monoisotopic (exact) mass is 498 g/mol. The van der Waals surface area contributed by atoms with Gasteiger partial charge in [0, 0.05) is 0 Å². The second-order valence-electron chi connectivity index (χ2n) is 7.39. The summed E-state index contributed by atoms with van der Waals surface area (Å²) in [5.41, 5.74) is 0.630. The number of imide groups is 2. The molecule has 0 aliphatic carbocycles. The molecule has 1 aliphatic rings. The average Bonchev–Trinajstić information content (AvgIpc) is 2.82. The van der Waals surface area contributed by atoms with Crippen LogP contribution in [0.5, 0.6) is 11.5 Å². The SMILES string of the molecule is COc1cc(/C=C2\C(=O)NC(=O)N(c3ccc(F)cc3)C2=O)cc(Cl)c1OCc1cccc(F)c1. The van der Waals surface area contributed by atoms with Crippen molar-refractivity contribution in [1.29, 1.82) is 0 Å². The predicted molar refractivity (Wildman–Crippen MR) is 124 cm³/mol. The van der Waals surface area contributed by atoms with Gasteiger partial charge in [-0.2, -0.15) is 0 Å². The van der Waals surface area contributed by atoms with Crippen LogP contribution in [0.15, 0.2) is 66.2 Å². The first-order valence-electron chi connectivity index (χ1n) is 10.2. The molecule has 1 fully saturated rings. The van der Waals surface area contributed by atoms with Crippen LogP contribution in [0.1, 0.15) is 11.1 Å². The van der Waals surface area contributed by atoms with E-state index in [1.54, 1.807) is 12.1 Å². The minimum Gasteiger partial charge on any atom is -0.493 e. The molecule has 1 saturated heterocycles. The molecule has 178 valence electrons. The Morgan fingerprint density at radius 1 is 1.00 bits per heavy atom. The van der Waals surface area contributed by atoms with Crippen molar-refractivity contribution in [1.82, 2.24) is 5.32 Å². The number of barbiturate groups is 1. The Hall–Kier alpha value is -4.24. The molecule has 3 aromatic carbocycles. The summed E-state index contributed by atoms with van der Waals surface area (Å²) in [5, 5.41) is 2.20. The molecular formula is C25H17ClF2N2O5. The van der Waals surface area contributed by atoms with E-state index < -0.39 is 29.5 Å². The van der Waals surface area contributed by atoms with Gasteiger partial charge in [-0.1, -0.05) is 23.7 Å². The zero-order valence-corrected chi connectivity index (χ0v) is 18.9. The highest BCUT2D eigenvalue weighted by atomic mass is 35.5. The molecule has 1 aliphatic heterocycles. The van der Waals surface area contributed by atoms with Crippen LogP contribution in [0.25, 0.3) is 6.08 Å². The van der Waals surface area contributed by atoms with Crippen molar-refractivity contribution in [2.45, 2.75) is 6.61 Å². The fraction of sp³-hybridized carbons (Fsp3) is 0.0800. The highest BCUT2D eigenvalue weighted by molar-refractivity contribution is 6.39. The summed E-state index contributed by atoms with van der Waals surface area (Å²) in [5.74, 6) is -2.37. The van der Waals surface area contributed by atoms with Crippen molar-refractivity contribution in [2.75, 3.05) is 12.0 Å². The van der Waals surface area contributed by atoms with E-state index in [0.717, 1.165) is 17.0 Å². The maximum Gasteiger partial charge on any atom is 0.335 e. The van der Waals surface area contributed by atoms with Crippen LogP contribution in [0.3, 0.4) is 0 Å². The van der Waals surface area contributed by atoms with Crippen LogP contribution in [0, 0.1) is 11.6 Å². The summed E-state index contributed by atoms with van der Waals surface area (Å²) >= 11 is 6.37. The molecule has 0 atom stereocenters. The van der Waals surface area contributed by atoms with E-state index in [-0.39, 0.29) is 34.4 Å². The molecule has 1 N–H and O–H groups in total. The summed E-state index contributed by atoms with van der Waals surface area (Å²) in [6, 6.07) is 12.5. The number of carbonyl (C=O) groups excluding carboxylic acids is 3. The maximum absolute atomic E-state index is 13.4. The first kappa shape index (κ1) is 23.9. The zero-order valence-electron chi connectivity index (χ0n) is 18.2. The van der Waals surface area contributed by atoms with E-state index in [0.29, 0.717) is 11.1 Å². The van der Waals surface area contributed by atoms with Gasteiger partial charge in [0.1, 0.15) is 23.8 Å². The lowest BCUT2D eigenvalue weighted by atomic mass is 10.1. The van der Waals surface area contributed by atoms with Crippen molar-refractivity contribution >= 4 is 41.2 Å². The Morgan fingerprint density at radius 3 is 2.43 bits per heavy atom. The molecule has 3 aromatic rings. The molecule has 10 heteroatoms. The number of nitrogens with zero attached hydrogens (tertiary/aromatic N) is 1. The quantitative estimate of drug-likeness (QED) is 0.387. The lowest BCUT2D eigenvalue weighted by molar-refractivity contribution is -0.122.